The van der Waals surface area contributed by atoms with Gasteiger partial charge in [-0.1, -0.05) is 81.4 Å². The normalized spacial score (nSPS) is 16.2. The molecule has 2 amide bonds. The number of nitrogens with zero attached hydrogens (tertiary/aromatic N) is 6. The van der Waals surface area contributed by atoms with Gasteiger partial charge in [-0.15, -0.1) is 0 Å². The smallest absolute Gasteiger partial charge is 0.261 e. The fraction of sp³-hybridized carbons (Fsp3) is 0.566. The van der Waals surface area contributed by atoms with E-state index in [9.17, 15) is 9.59 Å². The third-order valence-corrected chi connectivity index (χ3v) is 12.1. The van der Waals surface area contributed by atoms with Crippen molar-refractivity contribution in [2.24, 2.45) is 11.5 Å². The van der Waals surface area contributed by atoms with E-state index in [1.165, 1.54) is 86.7 Å². The van der Waals surface area contributed by atoms with Crippen molar-refractivity contribution in [1.82, 2.24) is 35.0 Å². The van der Waals surface area contributed by atoms with Crippen LogP contribution in [0.25, 0.3) is 0 Å². The zero-order valence-electron chi connectivity index (χ0n) is 40.3. The van der Waals surface area contributed by atoms with Crippen LogP contribution in [0.15, 0.2) is 97.5 Å². The number of aliphatic hydroxyl groups is 1. The van der Waals surface area contributed by atoms with E-state index in [4.69, 9.17) is 16.6 Å². The van der Waals surface area contributed by atoms with Crippen molar-refractivity contribution >= 4 is 27.7 Å². The van der Waals surface area contributed by atoms with Gasteiger partial charge in [-0.3, -0.25) is 29.4 Å². The van der Waals surface area contributed by atoms with Crippen molar-refractivity contribution in [2.75, 3.05) is 84.4 Å². The van der Waals surface area contributed by atoms with Gasteiger partial charge in [0, 0.05) is 73.8 Å². The predicted molar refractivity (Wildman–Crippen MR) is 282 cm³/mol. The van der Waals surface area contributed by atoms with Gasteiger partial charge in [-0.05, 0) is 172 Å². The lowest BCUT2D eigenvalue weighted by molar-refractivity contribution is 0.0655. The molecule has 0 bridgehead atoms. The minimum Gasteiger partial charge on any atom is -0.400 e. The molecule has 4 aromatic rings. The number of benzene rings is 1. The van der Waals surface area contributed by atoms with Crippen molar-refractivity contribution < 1.29 is 16.1 Å². The van der Waals surface area contributed by atoms with Crippen LogP contribution < -0.4 is 16.8 Å². The van der Waals surface area contributed by atoms with Gasteiger partial charge in [0.25, 0.3) is 11.8 Å². The number of likely N-dealkylation sites (tertiary alicyclic amines) is 2. The lowest BCUT2D eigenvalue weighted by Gasteiger charge is -2.31. The average Bonchev–Trinajstić information content (AvgIpc) is 3.65. The number of aromatic nitrogens is 3. The Bertz CT molecular complexity index is 1660. The first kappa shape index (κ1) is 60.1. The number of alkyl halides is 1. The van der Waals surface area contributed by atoms with Crippen molar-refractivity contribution in [3.05, 3.63) is 126 Å². The molecule has 12 nitrogen and oxygen atoms in total. The van der Waals surface area contributed by atoms with Crippen LogP contribution in [0.5, 0.6) is 0 Å². The van der Waals surface area contributed by atoms with E-state index in [1.54, 1.807) is 24.3 Å². The number of imide groups is 1. The number of nitrogens with two attached hydrogens (primary N) is 2. The molecule has 8 rings (SSSR count). The molecule has 0 saturated carbocycles. The summed E-state index contributed by atoms with van der Waals surface area (Å²) in [6.45, 7) is 19.5. The van der Waals surface area contributed by atoms with Crippen LogP contribution >= 0.6 is 15.9 Å². The van der Waals surface area contributed by atoms with E-state index < -0.39 is 0 Å². The quantitative estimate of drug-likeness (QED) is 0.0789. The first-order chi connectivity index (χ1) is 32.0. The summed E-state index contributed by atoms with van der Waals surface area (Å²) in [7, 11) is 1.00. The molecule has 0 radical (unpaired) electrons. The van der Waals surface area contributed by atoms with Crippen molar-refractivity contribution in [3.8, 4) is 0 Å². The van der Waals surface area contributed by atoms with Gasteiger partial charge in [0.15, 0.2) is 0 Å². The van der Waals surface area contributed by atoms with Crippen LogP contribution in [0.3, 0.4) is 0 Å². The molecule has 4 aliphatic heterocycles. The number of hydrogen-bond acceptors (Lipinski definition) is 11. The maximum atomic E-state index is 11.8. The average molecular weight is 979 g/mol. The SMILES string of the molecule is C.CC.CC.CO.NCCCN1CCC(c2ccccn2)CC1.NCCCN1CCC(c2ccccn2)CC1.O=C1c2ccccc2C(=O)N1CCCBr.[HH].c1ccc(C2CCNCC2)nc1. The molecule has 0 unspecified atom stereocenters. The molecule has 0 spiro atoms. The highest BCUT2D eigenvalue weighted by molar-refractivity contribution is 9.09. The third kappa shape index (κ3) is 21.3. The van der Waals surface area contributed by atoms with Crippen LogP contribution in [-0.2, 0) is 0 Å². The largest absolute Gasteiger partial charge is 0.400 e. The number of piperidine rings is 3. The number of aliphatic hydroxyl groups excluding tert-OH is 1. The Kier molecular flexibility index (Phi) is 34.6. The summed E-state index contributed by atoms with van der Waals surface area (Å²) in [6, 6.07) is 25.6. The third-order valence-electron chi connectivity index (χ3n) is 11.6. The van der Waals surface area contributed by atoms with Gasteiger partial charge < -0.3 is 31.7 Å². The monoisotopic (exact) mass is 978 g/mol. The highest BCUT2D eigenvalue weighted by Crippen LogP contribution is 2.28. The van der Waals surface area contributed by atoms with Crippen LogP contribution in [0.1, 0.15) is 150 Å². The molecule has 3 aromatic heterocycles. The van der Waals surface area contributed by atoms with E-state index in [0.717, 1.165) is 71.0 Å². The molecule has 370 valence electrons. The summed E-state index contributed by atoms with van der Waals surface area (Å²) < 4.78 is 0. The first-order valence-electron chi connectivity index (χ1n) is 24.3. The number of carbonyl (C=O) groups excluding carboxylic acids is 2. The summed E-state index contributed by atoms with van der Waals surface area (Å²) in [6.07, 6.45) is 16.1. The maximum absolute atomic E-state index is 11.8. The first-order valence-corrected chi connectivity index (χ1v) is 25.4. The van der Waals surface area contributed by atoms with Gasteiger partial charge in [-0.25, -0.2) is 0 Å². The van der Waals surface area contributed by atoms with Crippen molar-refractivity contribution in [3.63, 3.8) is 0 Å². The van der Waals surface area contributed by atoms with Crippen LogP contribution in [0.4, 0.5) is 0 Å². The molecule has 4 aliphatic rings. The molecule has 1 aromatic carbocycles. The van der Waals surface area contributed by atoms with Gasteiger partial charge in [-0.2, -0.15) is 0 Å². The summed E-state index contributed by atoms with van der Waals surface area (Å²) in [5.74, 6) is 1.67. The number of carbonyl (C=O) groups is 2. The second-order valence-corrected chi connectivity index (χ2v) is 16.4. The van der Waals surface area contributed by atoms with E-state index in [2.05, 4.69) is 82.4 Å². The second-order valence-electron chi connectivity index (χ2n) is 15.7. The summed E-state index contributed by atoms with van der Waals surface area (Å²) in [5, 5.41) is 11.1. The minimum atomic E-state index is -0.170. The number of nitrogens with one attached hydrogen (secondary N) is 1. The zero-order chi connectivity index (χ0) is 47.5. The van der Waals surface area contributed by atoms with Crippen molar-refractivity contribution in [2.45, 2.75) is 111 Å². The summed E-state index contributed by atoms with van der Waals surface area (Å²) >= 11 is 3.28. The summed E-state index contributed by atoms with van der Waals surface area (Å²) in [4.78, 5) is 43.2. The van der Waals surface area contributed by atoms with Crippen molar-refractivity contribution in [1.29, 1.82) is 0 Å². The standard InChI is InChI=1S/2C13H21N3.C11H10BrNO2.C10H14N2.2C2H6.CH4O.CH4.H2/c2*14-7-3-9-16-10-5-12(6-11-16)13-4-1-2-8-15-13;12-6-3-7-13-10(14)8-4-1-2-5-9(8)11(13)15;1-2-6-12-10(3-1)9-4-7-11-8-5-9;3*1-2;;/h2*1-2,4,8,12H,3,5-7,9-11,14H2;1-2,4-5H,3,6-7H2;1-3,6,9,11H,4-5,7-8H2;2*1-2H3;2H,1H3;1H4;1H. The lowest BCUT2D eigenvalue weighted by atomic mass is 9.93. The van der Waals surface area contributed by atoms with Gasteiger partial charge in [0.05, 0.1) is 11.1 Å². The Balaban J connectivity index is 0.000000830. The summed E-state index contributed by atoms with van der Waals surface area (Å²) in [5.41, 5.74) is 15.9. The lowest BCUT2D eigenvalue weighted by Crippen LogP contribution is -2.34. The minimum absolute atomic E-state index is 0. The highest BCUT2D eigenvalue weighted by atomic mass is 79.9. The van der Waals surface area contributed by atoms with E-state index in [-0.39, 0.29) is 20.7 Å². The number of halogens is 1. The number of hydrogen-bond donors (Lipinski definition) is 4. The number of amides is 2. The van der Waals surface area contributed by atoms with Gasteiger partial charge in [0.2, 0.25) is 0 Å². The van der Waals surface area contributed by atoms with Gasteiger partial charge in [0.1, 0.15) is 0 Å². The number of pyridine rings is 3. The Hall–Kier alpha value is -3.95. The molecular weight excluding hydrogens is 891 g/mol. The second kappa shape index (κ2) is 38.1. The number of rotatable bonds is 12. The highest BCUT2D eigenvalue weighted by Gasteiger charge is 2.34. The van der Waals surface area contributed by atoms with Gasteiger partial charge >= 0.3 is 0 Å². The molecule has 13 heteroatoms. The predicted octanol–water partition coefficient (Wildman–Crippen LogP) is 9.38. The van der Waals surface area contributed by atoms with Crippen LogP contribution in [-0.4, -0.2) is 131 Å². The molecule has 66 heavy (non-hydrogen) atoms. The Morgan fingerprint density at radius 1 is 0.576 bits per heavy atom. The molecule has 0 atom stereocenters. The van der Waals surface area contributed by atoms with E-state index in [1.807, 2.05) is 64.5 Å². The molecule has 6 N–H and O–H groups in total. The fourth-order valence-corrected chi connectivity index (χ4v) is 8.42. The molecule has 3 saturated heterocycles. The van der Waals surface area contributed by atoms with Crippen LogP contribution in [0.2, 0.25) is 0 Å². The number of fused-ring (bicyclic) bond motifs is 1. The maximum Gasteiger partial charge on any atom is 0.261 e. The molecule has 7 heterocycles. The topological polar surface area (TPSA) is 167 Å². The van der Waals surface area contributed by atoms with E-state index in [0.29, 0.717) is 35.4 Å². The Labute approximate surface area is 409 Å². The Morgan fingerprint density at radius 3 is 1.24 bits per heavy atom. The Morgan fingerprint density at radius 2 is 0.924 bits per heavy atom. The van der Waals surface area contributed by atoms with Crippen LogP contribution in [0, 0.1) is 0 Å². The van der Waals surface area contributed by atoms with E-state index >= 15 is 0 Å². The molecule has 0 aliphatic carbocycles. The zero-order valence-corrected chi connectivity index (χ0v) is 41.9. The fourth-order valence-electron chi connectivity index (χ4n) is 8.16. The molecular formula is C53H88BrN9O3. The molecule has 3 fully saturated rings.